The standard InChI is InChI=1S/C18H14BrN3O4S/c19-14-3-1-2-13(10-14)18(23)22-21-11-15-6-9-17(26-15)12-4-7-16(8-5-12)27(20,24)25/h1-11H,(H,22,23)(H2,20,24,25)/b21-11+. The predicted octanol–water partition coefficient (Wildman–Crippen LogP) is 3.12. The average Bonchev–Trinajstić information content (AvgIpc) is 3.10. The molecule has 7 nitrogen and oxygen atoms in total. The van der Waals surface area contributed by atoms with Crippen LogP contribution in [0.4, 0.5) is 0 Å². The van der Waals surface area contributed by atoms with E-state index in [1.807, 2.05) is 6.07 Å². The normalized spacial score (nSPS) is 11.6. The molecule has 2 aromatic carbocycles. The van der Waals surface area contributed by atoms with Gasteiger partial charge in [0.25, 0.3) is 5.91 Å². The van der Waals surface area contributed by atoms with Crippen molar-refractivity contribution in [1.82, 2.24) is 5.43 Å². The van der Waals surface area contributed by atoms with Crippen LogP contribution in [-0.2, 0) is 10.0 Å². The molecule has 0 aliphatic heterocycles. The highest BCUT2D eigenvalue weighted by molar-refractivity contribution is 9.10. The summed E-state index contributed by atoms with van der Waals surface area (Å²) in [5, 5.41) is 8.95. The van der Waals surface area contributed by atoms with Gasteiger partial charge in [-0.15, -0.1) is 0 Å². The molecule has 0 atom stereocenters. The van der Waals surface area contributed by atoms with Gasteiger partial charge in [0.1, 0.15) is 11.5 Å². The van der Waals surface area contributed by atoms with Crippen LogP contribution in [0.15, 0.2) is 79.6 Å². The lowest BCUT2D eigenvalue weighted by Crippen LogP contribution is -2.17. The number of benzene rings is 2. The van der Waals surface area contributed by atoms with Gasteiger partial charge in [-0.2, -0.15) is 5.10 Å². The molecular weight excluding hydrogens is 434 g/mol. The van der Waals surface area contributed by atoms with E-state index in [-0.39, 0.29) is 10.8 Å². The molecule has 0 radical (unpaired) electrons. The molecule has 3 rings (SSSR count). The number of carbonyl (C=O) groups excluding carboxylic acids is 1. The van der Waals surface area contributed by atoms with E-state index in [1.165, 1.54) is 18.3 Å². The minimum absolute atomic E-state index is 0.0230. The lowest BCUT2D eigenvalue weighted by molar-refractivity contribution is 0.0955. The Morgan fingerprint density at radius 2 is 1.85 bits per heavy atom. The molecule has 0 aliphatic carbocycles. The second-order valence-corrected chi connectivity index (χ2v) is 7.96. The molecule has 0 unspecified atom stereocenters. The number of nitrogens with one attached hydrogen (secondary N) is 1. The summed E-state index contributed by atoms with van der Waals surface area (Å²) >= 11 is 3.30. The van der Waals surface area contributed by atoms with Gasteiger partial charge in [-0.1, -0.05) is 22.0 Å². The van der Waals surface area contributed by atoms with Gasteiger partial charge in [0.2, 0.25) is 10.0 Å². The number of halogens is 1. The molecular formula is C18H14BrN3O4S. The van der Waals surface area contributed by atoms with Crippen LogP contribution in [0.25, 0.3) is 11.3 Å². The summed E-state index contributed by atoms with van der Waals surface area (Å²) in [5.74, 6) is 0.601. The van der Waals surface area contributed by atoms with E-state index in [0.29, 0.717) is 22.6 Å². The van der Waals surface area contributed by atoms with Gasteiger partial charge >= 0.3 is 0 Å². The highest BCUT2D eigenvalue weighted by Crippen LogP contribution is 2.23. The van der Waals surface area contributed by atoms with E-state index < -0.39 is 10.0 Å². The third kappa shape index (κ3) is 4.91. The fourth-order valence-electron chi connectivity index (χ4n) is 2.24. The maximum Gasteiger partial charge on any atom is 0.271 e. The maximum absolute atomic E-state index is 12.0. The van der Waals surface area contributed by atoms with Crippen LogP contribution >= 0.6 is 15.9 Å². The fraction of sp³-hybridized carbons (Fsp3) is 0. The monoisotopic (exact) mass is 447 g/mol. The zero-order valence-electron chi connectivity index (χ0n) is 13.8. The van der Waals surface area contributed by atoms with Gasteiger partial charge in [0.05, 0.1) is 11.1 Å². The van der Waals surface area contributed by atoms with Gasteiger partial charge in [0.15, 0.2) is 0 Å². The summed E-state index contributed by atoms with van der Waals surface area (Å²) in [4.78, 5) is 12.0. The predicted molar refractivity (Wildman–Crippen MR) is 105 cm³/mol. The second-order valence-electron chi connectivity index (χ2n) is 5.48. The summed E-state index contributed by atoms with van der Waals surface area (Å²) < 4.78 is 29.0. The zero-order valence-corrected chi connectivity index (χ0v) is 16.2. The van der Waals surface area contributed by atoms with E-state index in [0.717, 1.165) is 4.47 Å². The summed E-state index contributed by atoms with van der Waals surface area (Å²) in [5.41, 5.74) is 3.57. The van der Waals surface area contributed by atoms with Crippen LogP contribution in [0.1, 0.15) is 16.1 Å². The first kappa shape index (κ1) is 19.0. The number of nitrogens with zero attached hydrogens (tertiary/aromatic N) is 1. The smallest absolute Gasteiger partial charge is 0.271 e. The molecule has 0 aliphatic rings. The number of sulfonamides is 1. The number of amides is 1. The number of carbonyl (C=O) groups is 1. The van der Waals surface area contributed by atoms with Crippen molar-refractivity contribution in [3.05, 3.63) is 76.5 Å². The Morgan fingerprint density at radius 1 is 1.11 bits per heavy atom. The van der Waals surface area contributed by atoms with Crippen molar-refractivity contribution < 1.29 is 17.6 Å². The van der Waals surface area contributed by atoms with Crippen LogP contribution in [0.3, 0.4) is 0 Å². The van der Waals surface area contributed by atoms with Crippen molar-refractivity contribution in [1.29, 1.82) is 0 Å². The number of hydrazone groups is 1. The number of hydrogen-bond acceptors (Lipinski definition) is 5. The Hall–Kier alpha value is -2.75. The Labute approximate surface area is 164 Å². The first-order valence-electron chi connectivity index (χ1n) is 7.65. The third-order valence-electron chi connectivity index (χ3n) is 3.54. The number of primary sulfonamides is 1. The van der Waals surface area contributed by atoms with Crippen molar-refractivity contribution >= 4 is 38.1 Å². The number of nitrogens with two attached hydrogens (primary N) is 1. The molecule has 0 saturated carbocycles. The third-order valence-corrected chi connectivity index (χ3v) is 4.96. The Balaban J connectivity index is 1.67. The summed E-state index contributed by atoms with van der Waals surface area (Å²) in [6.07, 6.45) is 1.37. The van der Waals surface area contributed by atoms with Crippen LogP contribution in [0.5, 0.6) is 0 Å². The molecule has 3 N–H and O–H groups in total. The number of rotatable bonds is 5. The summed E-state index contributed by atoms with van der Waals surface area (Å²) in [6.45, 7) is 0. The van der Waals surface area contributed by atoms with Crippen molar-refractivity contribution in [2.75, 3.05) is 0 Å². The fourth-order valence-corrected chi connectivity index (χ4v) is 3.15. The molecule has 1 amide bonds. The van der Waals surface area contributed by atoms with E-state index in [2.05, 4.69) is 26.5 Å². The highest BCUT2D eigenvalue weighted by atomic mass is 79.9. The van der Waals surface area contributed by atoms with Gasteiger partial charge < -0.3 is 4.42 Å². The van der Waals surface area contributed by atoms with Crippen molar-refractivity contribution in [2.24, 2.45) is 10.2 Å². The van der Waals surface area contributed by atoms with Crippen LogP contribution in [0, 0.1) is 0 Å². The molecule has 1 aromatic heterocycles. The first-order valence-corrected chi connectivity index (χ1v) is 9.99. The molecule has 0 spiro atoms. The van der Waals surface area contributed by atoms with Crippen molar-refractivity contribution in [3.8, 4) is 11.3 Å². The molecule has 0 bridgehead atoms. The molecule has 9 heteroatoms. The first-order chi connectivity index (χ1) is 12.8. The Bertz CT molecular complexity index is 1110. The van der Waals surface area contributed by atoms with E-state index in [1.54, 1.807) is 42.5 Å². The van der Waals surface area contributed by atoms with E-state index in [4.69, 9.17) is 9.56 Å². The minimum atomic E-state index is -3.74. The molecule has 3 aromatic rings. The topological polar surface area (TPSA) is 115 Å². The lowest BCUT2D eigenvalue weighted by Gasteiger charge is -2.00. The van der Waals surface area contributed by atoms with Gasteiger partial charge in [-0.05, 0) is 54.6 Å². The molecule has 0 saturated heterocycles. The van der Waals surface area contributed by atoms with Crippen molar-refractivity contribution in [2.45, 2.75) is 4.90 Å². The van der Waals surface area contributed by atoms with Crippen LogP contribution in [0.2, 0.25) is 0 Å². The van der Waals surface area contributed by atoms with Gasteiger partial charge in [0, 0.05) is 15.6 Å². The minimum Gasteiger partial charge on any atom is -0.455 e. The maximum atomic E-state index is 12.0. The van der Waals surface area contributed by atoms with Crippen molar-refractivity contribution in [3.63, 3.8) is 0 Å². The highest BCUT2D eigenvalue weighted by Gasteiger charge is 2.09. The van der Waals surface area contributed by atoms with E-state index >= 15 is 0 Å². The quantitative estimate of drug-likeness (QED) is 0.461. The number of hydrogen-bond donors (Lipinski definition) is 2. The summed E-state index contributed by atoms with van der Waals surface area (Å²) in [7, 11) is -3.74. The Morgan fingerprint density at radius 3 is 2.52 bits per heavy atom. The molecule has 1 heterocycles. The molecule has 27 heavy (non-hydrogen) atoms. The average molecular weight is 448 g/mol. The number of furan rings is 1. The zero-order chi connectivity index (χ0) is 19.4. The Kier molecular flexibility index (Phi) is 5.54. The van der Waals surface area contributed by atoms with Gasteiger partial charge in [-0.3, -0.25) is 4.79 Å². The van der Waals surface area contributed by atoms with Crippen LogP contribution < -0.4 is 10.6 Å². The second kappa shape index (κ2) is 7.87. The largest absolute Gasteiger partial charge is 0.455 e. The van der Waals surface area contributed by atoms with Crippen LogP contribution in [-0.4, -0.2) is 20.5 Å². The molecule has 138 valence electrons. The van der Waals surface area contributed by atoms with E-state index in [9.17, 15) is 13.2 Å². The SMILES string of the molecule is NS(=O)(=O)c1ccc(-c2ccc(/C=N/NC(=O)c3cccc(Br)c3)o2)cc1. The molecule has 0 fully saturated rings. The lowest BCUT2D eigenvalue weighted by atomic mass is 10.2. The summed E-state index contributed by atoms with van der Waals surface area (Å²) in [6, 6.07) is 16.3. The van der Waals surface area contributed by atoms with Gasteiger partial charge in [-0.25, -0.2) is 19.0 Å².